The maximum atomic E-state index is 2.12. The topological polar surface area (TPSA) is 0 Å². The third-order valence-corrected chi connectivity index (χ3v) is 0.471. The Morgan fingerprint density at radius 2 is 1.71 bits per heavy atom. The molecule has 0 fully saturated rings. The van der Waals surface area contributed by atoms with E-state index in [1.54, 1.807) is 0 Å². The largest absolute Gasteiger partial charge is 0.0917 e. The Bertz CT molecular complexity index is 27.0. The van der Waals surface area contributed by atoms with Crippen molar-refractivity contribution in [2.45, 2.75) is 34.1 Å². The van der Waals surface area contributed by atoms with Crippen molar-refractivity contribution in [3.05, 3.63) is 12.2 Å². The fraction of sp³-hybridized carbons (Fsp3) is 0.714. The van der Waals surface area contributed by atoms with Gasteiger partial charge in [-0.1, -0.05) is 32.9 Å². The standard InChI is InChI=1S/C5H10.C2H6/c1-3-5-4-2;1-2/h3,5H,4H2,1-2H3;1-2H3/b5-3+;. The van der Waals surface area contributed by atoms with Gasteiger partial charge in [-0.05, 0) is 13.3 Å². The average Bonchev–Trinajstić information content (AvgIpc) is 1.75. The van der Waals surface area contributed by atoms with Crippen molar-refractivity contribution in [3.63, 3.8) is 0 Å². The van der Waals surface area contributed by atoms with E-state index in [9.17, 15) is 0 Å². The lowest BCUT2D eigenvalue weighted by Gasteiger charge is -1.65. The first kappa shape index (κ1) is 9.88. The second-order valence-corrected chi connectivity index (χ2v) is 0.977. The van der Waals surface area contributed by atoms with Crippen LogP contribution in [0.3, 0.4) is 0 Å². The minimum atomic E-state index is 1.16. The molecule has 0 spiro atoms. The maximum absolute atomic E-state index is 2.12. The van der Waals surface area contributed by atoms with Gasteiger partial charge in [-0.15, -0.1) is 0 Å². The van der Waals surface area contributed by atoms with Gasteiger partial charge in [-0.2, -0.15) is 0 Å². The van der Waals surface area contributed by atoms with E-state index in [0.29, 0.717) is 0 Å². The molecule has 0 radical (unpaired) electrons. The normalized spacial score (nSPS) is 8.00. The summed E-state index contributed by atoms with van der Waals surface area (Å²) in [4.78, 5) is 0. The predicted octanol–water partition coefficient (Wildman–Crippen LogP) is 3.00. The van der Waals surface area contributed by atoms with E-state index in [-0.39, 0.29) is 0 Å². The molecule has 0 aromatic carbocycles. The van der Waals surface area contributed by atoms with E-state index < -0.39 is 0 Å². The second-order valence-electron chi connectivity index (χ2n) is 0.977. The van der Waals surface area contributed by atoms with E-state index in [4.69, 9.17) is 0 Å². The van der Waals surface area contributed by atoms with Gasteiger partial charge >= 0.3 is 0 Å². The highest BCUT2D eigenvalue weighted by molar-refractivity contribution is 4.73. The van der Waals surface area contributed by atoms with E-state index in [2.05, 4.69) is 19.1 Å². The molecule has 0 saturated carbocycles. The molecule has 0 aliphatic heterocycles. The Labute approximate surface area is 47.2 Å². The lowest BCUT2D eigenvalue weighted by molar-refractivity contribution is 1.22. The molecule has 0 atom stereocenters. The van der Waals surface area contributed by atoms with Crippen LogP contribution >= 0.6 is 0 Å². The van der Waals surface area contributed by atoms with Crippen LogP contribution in [0.2, 0.25) is 0 Å². The van der Waals surface area contributed by atoms with Gasteiger partial charge in [0.1, 0.15) is 0 Å². The molecule has 0 heterocycles. The highest BCUT2D eigenvalue weighted by atomic mass is 13.6. The Morgan fingerprint density at radius 1 is 1.29 bits per heavy atom. The summed E-state index contributed by atoms with van der Waals surface area (Å²) in [6, 6.07) is 0. The molecule has 0 heteroatoms. The molecule has 0 aromatic rings. The molecule has 7 heavy (non-hydrogen) atoms. The highest BCUT2D eigenvalue weighted by Crippen LogP contribution is 1.73. The van der Waals surface area contributed by atoms with Gasteiger partial charge in [0, 0.05) is 0 Å². The third kappa shape index (κ3) is 26.5. The van der Waals surface area contributed by atoms with Gasteiger partial charge < -0.3 is 0 Å². The van der Waals surface area contributed by atoms with Crippen molar-refractivity contribution < 1.29 is 0 Å². The smallest absolute Gasteiger partial charge is 0.0379 e. The Morgan fingerprint density at radius 3 is 1.71 bits per heavy atom. The zero-order chi connectivity index (χ0) is 6.12. The van der Waals surface area contributed by atoms with E-state index in [1.807, 2.05) is 20.8 Å². The van der Waals surface area contributed by atoms with E-state index in [0.717, 1.165) is 6.42 Å². The van der Waals surface area contributed by atoms with Crippen LogP contribution in [-0.4, -0.2) is 0 Å². The van der Waals surface area contributed by atoms with Crippen molar-refractivity contribution in [1.29, 1.82) is 0 Å². The van der Waals surface area contributed by atoms with Crippen LogP contribution < -0.4 is 0 Å². The van der Waals surface area contributed by atoms with Crippen LogP contribution in [0.15, 0.2) is 12.2 Å². The molecule has 0 amide bonds. The lowest BCUT2D eigenvalue weighted by Crippen LogP contribution is -1.43. The molecular formula is C7H16. The summed E-state index contributed by atoms with van der Waals surface area (Å²) in [6.07, 6.45) is 5.34. The van der Waals surface area contributed by atoms with Crippen molar-refractivity contribution in [1.82, 2.24) is 0 Å². The summed E-state index contributed by atoms with van der Waals surface area (Å²) in [7, 11) is 0. The minimum absolute atomic E-state index is 1.16. The lowest BCUT2D eigenvalue weighted by atomic mass is 10.4. The minimum Gasteiger partial charge on any atom is -0.0917 e. The molecular weight excluding hydrogens is 84.1 g/mol. The number of hydrogen-bond acceptors (Lipinski definition) is 0. The molecule has 44 valence electrons. The summed E-state index contributed by atoms with van der Waals surface area (Å²) in [5.41, 5.74) is 0. The van der Waals surface area contributed by atoms with Crippen LogP contribution in [0.25, 0.3) is 0 Å². The summed E-state index contributed by atoms with van der Waals surface area (Å²) in [6.45, 7) is 8.16. The molecule has 0 unspecified atom stereocenters. The predicted molar refractivity (Wildman–Crippen MR) is 36.5 cm³/mol. The van der Waals surface area contributed by atoms with Gasteiger partial charge in [-0.25, -0.2) is 0 Å². The van der Waals surface area contributed by atoms with Crippen LogP contribution in [0, 0.1) is 0 Å². The Kier molecular flexibility index (Phi) is 24.3. The third-order valence-electron chi connectivity index (χ3n) is 0.471. The molecule has 0 aliphatic carbocycles. The van der Waals surface area contributed by atoms with Crippen molar-refractivity contribution in [2.24, 2.45) is 0 Å². The van der Waals surface area contributed by atoms with Crippen LogP contribution in [0.4, 0.5) is 0 Å². The van der Waals surface area contributed by atoms with E-state index in [1.165, 1.54) is 0 Å². The Balaban J connectivity index is 0. The molecule has 0 aliphatic rings. The average molecular weight is 100 g/mol. The number of rotatable bonds is 1. The molecule has 0 saturated heterocycles. The monoisotopic (exact) mass is 100 g/mol. The van der Waals surface area contributed by atoms with Gasteiger partial charge in [0.25, 0.3) is 0 Å². The quantitative estimate of drug-likeness (QED) is 0.444. The van der Waals surface area contributed by atoms with Crippen molar-refractivity contribution >= 4 is 0 Å². The number of hydrogen-bond donors (Lipinski definition) is 0. The first-order valence-electron chi connectivity index (χ1n) is 3.03. The molecule has 0 aromatic heterocycles. The summed E-state index contributed by atoms with van der Waals surface area (Å²) >= 11 is 0. The first-order valence-corrected chi connectivity index (χ1v) is 3.03. The maximum Gasteiger partial charge on any atom is -0.0379 e. The molecule has 0 rings (SSSR count). The highest BCUT2D eigenvalue weighted by Gasteiger charge is 1.52. The summed E-state index contributed by atoms with van der Waals surface area (Å²) in [5.74, 6) is 0. The van der Waals surface area contributed by atoms with Gasteiger partial charge in [0.05, 0.1) is 0 Å². The summed E-state index contributed by atoms with van der Waals surface area (Å²) < 4.78 is 0. The second kappa shape index (κ2) is 17.2. The van der Waals surface area contributed by atoms with Crippen LogP contribution in [0.1, 0.15) is 34.1 Å². The van der Waals surface area contributed by atoms with Crippen molar-refractivity contribution in [2.75, 3.05) is 0 Å². The van der Waals surface area contributed by atoms with Gasteiger partial charge in [0.15, 0.2) is 0 Å². The molecule has 0 N–H and O–H groups in total. The fourth-order valence-corrected chi connectivity index (χ4v) is 0.236. The zero-order valence-electron chi connectivity index (χ0n) is 5.86. The first-order chi connectivity index (χ1) is 3.41. The molecule has 0 bridgehead atoms. The van der Waals surface area contributed by atoms with Gasteiger partial charge in [0.2, 0.25) is 0 Å². The summed E-state index contributed by atoms with van der Waals surface area (Å²) in [5, 5.41) is 0. The van der Waals surface area contributed by atoms with Crippen LogP contribution in [0.5, 0.6) is 0 Å². The van der Waals surface area contributed by atoms with Crippen LogP contribution in [-0.2, 0) is 0 Å². The molecule has 0 nitrogen and oxygen atoms in total. The van der Waals surface area contributed by atoms with E-state index >= 15 is 0 Å². The zero-order valence-corrected chi connectivity index (χ0v) is 5.86. The van der Waals surface area contributed by atoms with Gasteiger partial charge in [-0.3, -0.25) is 0 Å². The fourth-order valence-electron chi connectivity index (χ4n) is 0.236. The van der Waals surface area contributed by atoms with Crippen molar-refractivity contribution in [3.8, 4) is 0 Å². The Hall–Kier alpha value is -0.260. The SMILES string of the molecule is C/C=C/CC.CC. The number of allylic oxidation sites excluding steroid dienone is 2.